The molecule has 366 valence electrons. The molecule has 0 saturated heterocycles. The Kier molecular flexibility index (Phi) is 49.4. The van der Waals surface area contributed by atoms with Crippen LogP contribution in [0.25, 0.3) is 0 Å². The zero-order valence-corrected chi connectivity index (χ0v) is 41.8. The van der Waals surface area contributed by atoms with Crippen LogP contribution in [0.5, 0.6) is 0 Å². The number of carbonyl (C=O) groups is 3. The fourth-order valence-corrected chi connectivity index (χ4v) is 7.10. The van der Waals surface area contributed by atoms with Crippen molar-refractivity contribution in [1.82, 2.24) is 0 Å². The fourth-order valence-electron chi connectivity index (χ4n) is 7.10. The SMILES string of the molecule is CC/C=C\C/C=C\C/C=C\CCCCCCCC(=O)OC(COC(=O)CCCCCCC/C=C\CCCCC)COC(=O)CCCCCCCC/C=C\C/C=C\C/C=C\CCCCC. The molecule has 6 heteroatoms. The van der Waals surface area contributed by atoms with E-state index in [1.54, 1.807) is 0 Å². The largest absolute Gasteiger partial charge is 0.462 e. The molecule has 0 heterocycles. The van der Waals surface area contributed by atoms with E-state index in [0.29, 0.717) is 19.3 Å². The summed E-state index contributed by atoms with van der Waals surface area (Å²) < 4.78 is 16.8. The molecule has 0 aliphatic rings. The van der Waals surface area contributed by atoms with Gasteiger partial charge in [-0.25, -0.2) is 0 Å². The van der Waals surface area contributed by atoms with E-state index in [-0.39, 0.29) is 31.1 Å². The molecule has 0 aromatic rings. The van der Waals surface area contributed by atoms with Gasteiger partial charge in [-0.3, -0.25) is 14.4 Å². The van der Waals surface area contributed by atoms with E-state index < -0.39 is 6.10 Å². The van der Waals surface area contributed by atoms with Crippen LogP contribution in [0, 0.1) is 0 Å². The predicted octanol–water partition coefficient (Wildman–Crippen LogP) is 17.6. The minimum Gasteiger partial charge on any atom is -0.462 e. The van der Waals surface area contributed by atoms with Crippen LogP contribution in [0.15, 0.2) is 85.1 Å². The van der Waals surface area contributed by atoms with Crippen molar-refractivity contribution in [3.63, 3.8) is 0 Å². The number of ether oxygens (including phenoxy) is 3. The summed E-state index contributed by atoms with van der Waals surface area (Å²) in [7, 11) is 0. The second-order valence-electron chi connectivity index (χ2n) is 17.4. The van der Waals surface area contributed by atoms with Gasteiger partial charge >= 0.3 is 17.9 Å². The van der Waals surface area contributed by atoms with Gasteiger partial charge in [0.25, 0.3) is 0 Å². The summed E-state index contributed by atoms with van der Waals surface area (Å²) in [4.78, 5) is 38.0. The summed E-state index contributed by atoms with van der Waals surface area (Å²) in [6.45, 7) is 6.44. The van der Waals surface area contributed by atoms with Crippen LogP contribution in [0.3, 0.4) is 0 Å². The van der Waals surface area contributed by atoms with Crippen molar-refractivity contribution in [3.8, 4) is 0 Å². The molecule has 0 aliphatic carbocycles. The van der Waals surface area contributed by atoms with Gasteiger partial charge in [0.2, 0.25) is 0 Å². The molecule has 1 unspecified atom stereocenters. The normalized spacial score (nSPS) is 12.7. The second-order valence-corrected chi connectivity index (χ2v) is 17.4. The van der Waals surface area contributed by atoms with Crippen molar-refractivity contribution in [3.05, 3.63) is 85.1 Å². The van der Waals surface area contributed by atoms with Gasteiger partial charge in [-0.1, -0.05) is 196 Å². The van der Waals surface area contributed by atoms with Crippen molar-refractivity contribution >= 4 is 17.9 Å². The Labute approximate surface area is 395 Å². The highest BCUT2D eigenvalue weighted by molar-refractivity contribution is 5.71. The average Bonchev–Trinajstić information content (AvgIpc) is 3.29. The maximum atomic E-state index is 12.8. The molecule has 0 spiro atoms. The molecule has 0 aromatic carbocycles. The van der Waals surface area contributed by atoms with E-state index in [1.807, 2.05) is 0 Å². The molecule has 0 bridgehead atoms. The van der Waals surface area contributed by atoms with E-state index in [0.717, 1.165) is 122 Å². The third-order valence-corrected chi connectivity index (χ3v) is 11.1. The Balaban J connectivity index is 4.42. The highest BCUT2D eigenvalue weighted by Gasteiger charge is 2.19. The molecule has 1 atom stereocenters. The molecule has 0 saturated carbocycles. The van der Waals surface area contributed by atoms with Gasteiger partial charge in [-0.15, -0.1) is 0 Å². The van der Waals surface area contributed by atoms with Crippen LogP contribution in [0.1, 0.15) is 245 Å². The minimum atomic E-state index is -0.794. The third-order valence-electron chi connectivity index (χ3n) is 11.1. The third kappa shape index (κ3) is 49.6. The topological polar surface area (TPSA) is 78.9 Å². The molecule has 0 amide bonds. The Morgan fingerprint density at radius 3 is 0.969 bits per heavy atom. The van der Waals surface area contributed by atoms with Gasteiger partial charge in [0.05, 0.1) is 0 Å². The minimum absolute atomic E-state index is 0.0929. The van der Waals surface area contributed by atoms with E-state index in [9.17, 15) is 14.4 Å². The number of rotatable bonds is 47. The maximum Gasteiger partial charge on any atom is 0.306 e. The van der Waals surface area contributed by atoms with Gasteiger partial charge in [0.1, 0.15) is 13.2 Å². The fraction of sp³-hybridized carbons (Fsp3) is 0.707. The van der Waals surface area contributed by atoms with Crippen LogP contribution in [0.4, 0.5) is 0 Å². The summed E-state index contributed by atoms with van der Waals surface area (Å²) in [6.07, 6.45) is 67.0. The first kappa shape index (κ1) is 60.6. The van der Waals surface area contributed by atoms with E-state index >= 15 is 0 Å². The lowest BCUT2D eigenvalue weighted by Gasteiger charge is -2.18. The monoisotopic (exact) mass is 891 g/mol. The number of hydrogen-bond donors (Lipinski definition) is 0. The number of allylic oxidation sites excluding steroid dienone is 14. The van der Waals surface area contributed by atoms with Crippen molar-refractivity contribution < 1.29 is 28.6 Å². The van der Waals surface area contributed by atoms with Crippen LogP contribution in [-0.4, -0.2) is 37.2 Å². The Hall–Kier alpha value is -3.41. The van der Waals surface area contributed by atoms with Crippen LogP contribution in [-0.2, 0) is 28.6 Å². The first-order chi connectivity index (χ1) is 31.5. The highest BCUT2D eigenvalue weighted by Crippen LogP contribution is 2.14. The van der Waals surface area contributed by atoms with Gasteiger partial charge in [0.15, 0.2) is 6.10 Å². The summed E-state index contributed by atoms with van der Waals surface area (Å²) in [6, 6.07) is 0. The molecule has 6 nitrogen and oxygen atoms in total. The van der Waals surface area contributed by atoms with E-state index in [2.05, 4.69) is 106 Å². The lowest BCUT2D eigenvalue weighted by Crippen LogP contribution is -2.30. The van der Waals surface area contributed by atoms with E-state index in [4.69, 9.17) is 14.2 Å². The number of unbranched alkanes of at least 4 members (excludes halogenated alkanes) is 22. The standard InChI is InChI=1S/C58H98O6/c1-4-7-10-13-16-19-22-25-27-28-29-30-32-33-36-39-42-45-48-51-57(60)63-54-55(53-62-56(59)50-47-44-41-38-35-24-21-18-15-12-9-6-3)64-58(61)52-49-46-43-40-37-34-31-26-23-20-17-14-11-8-5-2/h8,11,16-21,25-27,29-31,55H,4-7,9-10,12-15,22-24,28,32-54H2,1-3H3/b11-8-,19-16-,20-17-,21-18-,27-25-,30-29-,31-26-. The van der Waals surface area contributed by atoms with Crippen molar-refractivity contribution in [1.29, 1.82) is 0 Å². The Bertz CT molecular complexity index is 1250. The van der Waals surface area contributed by atoms with Gasteiger partial charge in [-0.2, -0.15) is 0 Å². The van der Waals surface area contributed by atoms with Gasteiger partial charge in [-0.05, 0) is 116 Å². The Morgan fingerprint density at radius 1 is 0.328 bits per heavy atom. The Morgan fingerprint density at radius 2 is 0.609 bits per heavy atom. The van der Waals surface area contributed by atoms with Gasteiger partial charge < -0.3 is 14.2 Å². The molecular formula is C58H98O6. The quantitative estimate of drug-likeness (QED) is 0.0262. The first-order valence-electron chi connectivity index (χ1n) is 26.6. The smallest absolute Gasteiger partial charge is 0.306 e. The van der Waals surface area contributed by atoms with Crippen LogP contribution < -0.4 is 0 Å². The number of esters is 3. The van der Waals surface area contributed by atoms with Crippen molar-refractivity contribution in [2.75, 3.05) is 13.2 Å². The summed E-state index contributed by atoms with van der Waals surface area (Å²) in [5.41, 5.74) is 0. The van der Waals surface area contributed by atoms with Crippen LogP contribution >= 0.6 is 0 Å². The molecule has 0 aliphatic heterocycles. The number of hydrogen-bond acceptors (Lipinski definition) is 6. The molecule has 0 aromatic heterocycles. The van der Waals surface area contributed by atoms with Gasteiger partial charge in [0, 0.05) is 19.3 Å². The molecule has 0 N–H and O–H groups in total. The molecule has 0 radical (unpaired) electrons. The molecule has 0 fully saturated rings. The average molecular weight is 891 g/mol. The second kappa shape index (κ2) is 52.2. The van der Waals surface area contributed by atoms with Crippen LogP contribution in [0.2, 0.25) is 0 Å². The summed E-state index contributed by atoms with van der Waals surface area (Å²) in [5.74, 6) is -0.931. The zero-order valence-electron chi connectivity index (χ0n) is 41.8. The van der Waals surface area contributed by atoms with E-state index in [1.165, 1.54) is 83.5 Å². The number of carbonyl (C=O) groups excluding carboxylic acids is 3. The predicted molar refractivity (Wildman–Crippen MR) is 274 cm³/mol. The van der Waals surface area contributed by atoms with Crippen molar-refractivity contribution in [2.45, 2.75) is 252 Å². The van der Waals surface area contributed by atoms with Crippen molar-refractivity contribution in [2.24, 2.45) is 0 Å². The first-order valence-corrected chi connectivity index (χ1v) is 26.6. The maximum absolute atomic E-state index is 12.8. The zero-order chi connectivity index (χ0) is 46.5. The molecule has 64 heavy (non-hydrogen) atoms. The highest BCUT2D eigenvalue weighted by atomic mass is 16.6. The molecular weight excluding hydrogens is 793 g/mol. The summed E-state index contributed by atoms with van der Waals surface area (Å²) >= 11 is 0. The molecule has 0 rings (SSSR count). The summed E-state index contributed by atoms with van der Waals surface area (Å²) in [5, 5.41) is 0. The lowest BCUT2D eigenvalue weighted by molar-refractivity contribution is -0.167. The lowest BCUT2D eigenvalue weighted by atomic mass is 10.1.